The van der Waals surface area contributed by atoms with Crippen LogP contribution < -0.4 is 5.73 Å². The Morgan fingerprint density at radius 1 is 1.23 bits per heavy atom. The van der Waals surface area contributed by atoms with Gasteiger partial charge in [0.05, 0.1) is 6.42 Å². The fourth-order valence-corrected chi connectivity index (χ4v) is 4.23. The summed E-state index contributed by atoms with van der Waals surface area (Å²) in [7, 11) is -4.18. The number of benzene rings is 1. The first-order valence-corrected chi connectivity index (χ1v) is 12.2. The normalized spacial score (nSPS) is 13.1. The Labute approximate surface area is 179 Å². The van der Waals surface area contributed by atoms with Gasteiger partial charge in [-0.1, -0.05) is 56.7 Å². The smallest absolute Gasteiger partial charge is 0.348 e. The van der Waals surface area contributed by atoms with Crippen LogP contribution in [0.5, 0.6) is 0 Å². The molecule has 4 N–H and O–H groups in total. The summed E-state index contributed by atoms with van der Waals surface area (Å²) in [5.41, 5.74) is 9.92. The molecule has 0 spiro atoms. The van der Waals surface area contributed by atoms with E-state index >= 15 is 0 Å². The molecule has 2 rings (SSSR count). The van der Waals surface area contributed by atoms with Crippen molar-refractivity contribution in [2.75, 3.05) is 0 Å². The quantitative estimate of drug-likeness (QED) is 0.430. The van der Waals surface area contributed by atoms with Gasteiger partial charge in [-0.25, -0.2) is 0 Å². The van der Waals surface area contributed by atoms with Crippen molar-refractivity contribution in [2.45, 2.75) is 64.8 Å². The van der Waals surface area contributed by atoms with Crippen molar-refractivity contribution in [3.05, 3.63) is 70.8 Å². The van der Waals surface area contributed by atoms with E-state index in [9.17, 15) is 9.36 Å². The number of rotatable bonds is 12. The average molecular weight is 433 g/mol. The van der Waals surface area contributed by atoms with E-state index in [2.05, 4.69) is 29.8 Å². The maximum absolute atomic E-state index is 11.9. The highest BCUT2D eigenvalue weighted by molar-refractivity contribution is 7.55. The molecule has 1 amide bonds. The molecular weight excluding hydrogens is 399 g/mol. The second kappa shape index (κ2) is 11.3. The zero-order valence-electron chi connectivity index (χ0n) is 17.8. The topological polar surface area (TPSA) is 106 Å². The third kappa shape index (κ3) is 7.28. The van der Waals surface area contributed by atoms with Gasteiger partial charge in [0.2, 0.25) is 5.91 Å². The first-order chi connectivity index (χ1) is 14.2. The first kappa shape index (κ1) is 24.1. The van der Waals surface area contributed by atoms with Gasteiger partial charge in [-0.15, -0.1) is 0 Å². The number of nitrogens with zero attached hydrogens (tertiary/aromatic N) is 1. The van der Waals surface area contributed by atoms with Crippen LogP contribution in [-0.2, 0) is 28.7 Å². The van der Waals surface area contributed by atoms with Crippen molar-refractivity contribution in [3.8, 4) is 0 Å². The van der Waals surface area contributed by atoms with Gasteiger partial charge in [-0.3, -0.25) is 9.36 Å². The molecule has 0 saturated carbocycles. The van der Waals surface area contributed by atoms with E-state index in [1.165, 1.54) is 5.56 Å². The largest absolute Gasteiger partial charge is 0.369 e. The highest BCUT2D eigenvalue weighted by Crippen LogP contribution is 2.38. The molecule has 6 nitrogen and oxygen atoms in total. The molecular formula is C23H33N2O4P. The second-order valence-electron chi connectivity index (χ2n) is 7.68. The van der Waals surface area contributed by atoms with Crippen LogP contribution in [0.15, 0.2) is 48.4 Å². The molecule has 30 heavy (non-hydrogen) atoms. The van der Waals surface area contributed by atoms with E-state index in [1.807, 2.05) is 25.1 Å². The summed E-state index contributed by atoms with van der Waals surface area (Å²) in [6.45, 7) is 4.89. The molecule has 1 heterocycles. The number of carbonyl (C=O) groups excluding carboxylic acids is 1. The van der Waals surface area contributed by atoms with Gasteiger partial charge < -0.3 is 20.1 Å². The Morgan fingerprint density at radius 3 is 2.50 bits per heavy atom. The van der Waals surface area contributed by atoms with Crippen molar-refractivity contribution >= 4 is 13.5 Å². The van der Waals surface area contributed by atoms with Crippen molar-refractivity contribution in [2.24, 2.45) is 5.73 Å². The van der Waals surface area contributed by atoms with Gasteiger partial charge >= 0.3 is 7.60 Å². The fraction of sp³-hybridized carbons (Fsp3) is 0.435. The molecule has 0 aliphatic heterocycles. The van der Waals surface area contributed by atoms with Crippen molar-refractivity contribution in [3.63, 3.8) is 0 Å². The standard InChI is InChI=1S/C23H33N2O4P/c1-3-5-13-22-20(15-23(24)26)21(19(4-2)12-9-14-30(27,28)29)17-25(22)16-18-10-7-6-8-11-18/h6-11,14,17,19H,3-5,12-13,15-16H2,1-2H3,(H2,24,26)(H2,27,28,29). The van der Waals surface area contributed by atoms with E-state index in [-0.39, 0.29) is 18.2 Å². The van der Waals surface area contributed by atoms with Crippen LogP contribution in [0, 0.1) is 0 Å². The molecule has 164 valence electrons. The van der Waals surface area contributed by atoms with Crippen LogP contribution >= 0.6 is 7.60 Å². The Morgan fingerprint density at radius 2 is 1.93 bits per heavy atom. The summed E-state index contributed by atoms with van der Waals surface area (Å²) in [6, 6.07) is 10.2. The predicted molar refractivity (Wildman–Crippen MR) is 120 cm³/mol. The number of carbonyl (C=O) groups is 1. The Hall–Kier alpha value is -2.14. The molecule has 1 atom stereocenters. The van der Waals surface area contributed by atoms with Gasteiger partial charge in [-0.05, 0) is 48.3 Å². The maximum atomic E-state index is 11.9. The van der Waals surface area contributed by atoms with Crippen LogP contribution in [0.25, 0.3) is 0 Å². The summed E-state index contributed by atoms with van der Waals surface area (Å²) in [4.78, 5) is 30.1. The van der Waals surface area contributed by atoms with Crippen LogP contribution in [0.4, 0.5) is 0 Å². The van der Waals surface area contributed by atoms with E-state index < -0.39 is 7.60 Å². The zero-order chi connectivity index (χ0) is 22.1. The molecule has 0 fully saturated rings. The number of unbranched alkanes of at least 4 members (excludes halogenated alkanes) is 1. The van der Waals surface area contributed by atoms with Gasteiger partial charge in [0, 0.05) is 24.3 Å². The van der Waals surface area contributed by atoms with Crippen molar-refractivity contribution in [1.29, 1.82) is 0 Å². The molecule has 1 aromatic carbocycles. The molecule has 0 bridgehead atoms. The van der Waals surface area contributed by atoms with Crippen molar-refractivity contribution in [1.82, 2.24) is 4.57 Å². The maximum Gasteiger partial charge on any atom is 0.348 e. The molecule has 7 heteroatoms. The molecule has 1 unspecified atom stereocenters. The Balaban J connectivity index is 2.48. The Kier molecular flexibility index (Phi) is 9.09. The summed E-state index contributed by atoms with van der Waals surface area (Å²) >= 11 is 0. The predicted octanol–water partition coefficient (Wildman–Crippen LogP) is 4.48. The molecule has 0 aliphatic carbocycles. The lowest BCUT2D eigenvalue weighted by atomic mass is 9.90. The number of aromatic nitrogens is 1. The fourth-order valence-electron chi connectivity index (χ4n) is 3.83. The van der Waals surface area contributed by atoms with Gasteiger partial charge in [0.15, 0.2) is 0 Å². The van der Waals surface area contributed by atoms with Crippen molar-refractivity contribution < 1.29 is 19.1 Å². The number of hydrogen-bond donors (Lipinski definition) is 3. The van der Waals surface area contributed by atoms with Gasteiger partial charge in [-0.2, -0.15) is 0 Å². The minimum absolute atomic E-state index is 0.0551. The summed E-state index contributed by atoms with van der Waals surface area (Å²) in [5, 5.41) is 0. The number of amides is 1. The Bertz CT molecular complexity index is 899. The van der Waals surface area contributed by atoms with E-state index in [0.29, 0.717) is 13.0 Å². The monoisotopic (exact) mass is 432 g/mol. The summed E-state index contributed by atoms with van der Waals surface area (Å²) in [6.07, 6.45) is 8.04. The van der Waals surface area contributed by atoms with Crippen LogP contribution in [0.3, 0.4) is 0 Å². The average Bonchev–Trinajstić information content (AvgIpc) is 2.99. The third-order valence-corrected chi connectivity index (χ3v) is 5.90. The van der Waals surface area contributed by atoms with E-state index in [4.69, 9.17) is 15.5 Å². The lowest BCUT2D eigenvalue weighted by Gasteiger charge is -2.15. The highest BCUT2D eigenvalue weighted by atomic mass is 31.2. The van der Waals surface area contributed by atoms with Crippen LogP contribution in [-0.4, -0.2) is 20.3 Å². The SMILES string of the molecule is CCCCc1c(CC(N)=O)c(C(CC)CC=CP(=O)(O)O)cn1Cc1ccccc1. The van der Waals surface area contributed by atoms with Gasteiger partial charge in [0.1, 0.15) is 0 Å². The molecule has 2 aromatic rings. The number of primary amides is 1. The van der Waals surface area contributed by atoms with E-state index in [0.717, 1.165) is 48.3 Å². The van der Waals surface area contributed by atoms with Crippen LogP contribution in [0.1, 0.15) is 67.8 Å². The third-order valence-electron chi connectivity index (χ3n) is 5.31. The zero-order valence-corrected chi connectivity index (χ0v) is 18.7. The number of hydrogen-bond acceptors (Lipinski definition) is 2. The highest BCUT2D eigenvalue weighted by Gasteiger charge is 2.22. The summed E-state index contributed by atoms with van der Waals surface area (Å²) < 4.78 is 13.4. The van der Waals surface area contributed by atoms with Gasteiger partial charge in [0.25, 0.3) is 0 Å². The lowest BCUT2D eigenvalue weighted by Crippen LogP contribution is -2.16. The number of nitrogens with two attached hydrogens (primary N) is 1. The van der Waals surface area contributed by atoms with E-state index in [1.54, 1.807) is 6.08 Å². The second-order valence-corrected chi connectivity index (χ2v) is 9.16. The van der Waals surface area contributed by atoms with Crippen LogP contribution in [0.2, 0.25) is 0 Å². The molecule has 1 aromatic heterocycles. The molecule has 0 saturated heterocycles. The minimum atomic E-state index is -4.18. The number of allylic oxidation sites excluding steroid dienone is 1. The molecule has 0 radical (unpaired) electrons. The summed E-state index contributed by atoms with van der Waals surface area (Å²) in [5.74, 6) is 0.647. The minimum Gasteiger partial charge on any atom is -0.369 e. The first-order valence-electron chi connectivity index (χ1n) is 10.5. The lowest BCUT2D eigenvalue weighted by molar-refractivity contribution is -0.117. The molecule has 0 aliphatic rings.